The van der Waals surface area contributed by atoms with Gasteiger partial charge in [0.15, 0.2) is 0 Å². The second kappa shape index (κ2) is 7.21. The lowest BCUT2D eigenvalue weighted by atomic mass is 10.2. The fraction of sp³-hybridized carbons (Fsp3) is 0.588. The predicted molar refractivity (Wildman–Crippen MR) is 90.4 cm³/mol. The zero-order valence-corrected chi connectivity index (χ0v) is 14.8. The van der Waals surface area contributed by atoms with Crippen LogP contribution in [-0.2, 0) is 14.8 Å². The molecule has 2 fully saturated rings. The van der Waals surface area contributed by atoms with E-state index in [9.17, 15) is 13.2 Å². The SMILES string of the molecule is C[C@H]1CN(C(=O)c2ccc(S(=O)(=O)N3CCCCC3)cc2)CCO1. The lowest BCUT2D eigenvalue weighted by Gasteiger charge is -2.31. The molecule has 0 saturated carbocycles. The van der Waals surface area contributed by atoms with E-state index in [1.165, 1.54) is 4.31 Å². The molecule has 1 atom stereocenters. The molecule has 0 aliphatic carbocycles. The number of morpholine rings is 1. The van der Waals surface area contributed by atoms with E-state index in [0.29, 0.717) is 38.3 Å². The highest BCUT2D eigenvalue weighted by Crippen LogP contribution is 2.21. The number of carbonyl (C=O) groups is 1. The van der Waals surface area contributed by atoms with Crippen molar-refractivity contribution in [2.24, 2.45) is 0 Å². The minimum Gasteiger partial charge on any atom is -0.375 e. The van der Waals surface area contributed by atoms with Crippen LogP contribution < -0.4 is 0 Å². The number of hydrogen-bond donors (Lipinski definition) is 0. The Balaban J connectivity index is 1.74. The van der Waals surface area contributed by atoms with Crippen LogP contribution in [0.4, 0.5) is 0 Å². The zero-order chi connectivity index (χ0) is 17.2. The first-order valence-electron chi connectivity index (χ1n) is 8.49. The first-order chi connectivity index (χ1) is 11.5. The molecule has 2 aliphatic rings. The van der Waals surface area contributed by atoms with E-state index in [1.807, 2.05) is 6.92 Å². The van der Waals surface area contributed by atoms with Gasteiger partial charge >= 0.3 is 0 Å². The summed E-state index contributed by atoms with van der Waals surface area (Å²) in [5.41, 5.74) is 0.515. The van der Waals surface area contributed by atoms with Crippen molar-refractivity contribution < 1.29 is 17.9 Å². The third-order valence-corrected chi connectivity index (χ3v) is 6.50. The molecule has 0 spiro atoms. The standard InChI is InChI=1S/C17H24N2O4S/c1-14-13-18(11-12-23-14)17(20)15-5-7-16(8-6-15)24(21,22)19-9-3-2-4-10-19/h5-8,14H,2-4,9-13H2,1H3/t14-/m0/s1. The number of rotatable bonds is 3. The third-order valence-electron chi connectivity index (χ3n) is 4.58. The Kier molecular flexibility index (Phi) is 5.22. The summed E-state index contributed by atoms with van der Waals surface area (Å²) in [6.07, 6.45) is 2.93. The van der Waals surface area contributed by atoms with Crippen LogP contribution in [0.5, 0.6) is 0 Å². The van der Waals surface area contributed by atoms with Crippen molar-refractivity contribution in [2.45, 2.75) is 37.2 Å². The van der Waals surface area contributed by atoms with Gasteiger partial charge in [0.1, 0.15) is 0 Å². The number of ether oxygens (including phenoxy) is 1. The summed E-state index contributed by atoms with van der Waals surface area (Å²) < 4.78 is 32.2. The molecule has 3 rings (SSSR count). The van der Waals surface area contributed by atoms with Gasteiger partial charge in [-0.2, -0.15) is 4.31 Å². The van der Waals surface area contributed by atoms with Crippen LogP contribution >= 0.6 is 0 Å². The van der Waals surface area contributed by atoms with Crippen LogP contribution in [0.25, 0.3) is 0 Å². The maximum atomic E-state index is 12.6. The van der Waals surface area contributed by atoms with Gasteiger partial charge in [0, 0.05) is 31.7 Å². The van der Waals surface area contributed by atoms with Gasteiger partial charge in [-0.25, -0.2) is 8.42 Å². The summed E-state index contributed by atoms with van der Waals surface area (Å²) in [4.78, 5) is 14.5. The molecule has 1 amide bonds. The molecule has 6 nitrogen and oxygen atoms in total. The molecule has 1 aromatic carbocycles. The summed E-state index contributed by atoms with van der Waals surface area (Å²) in [7, 11) is -3.45. The molecule has 1 aromatic rings. The normalized spacial score (nSPS) is 23.2. The molecule has 132 valence electrons. The molecule has 0 bridgehead atoms. The lowest BCUT2D eigenvalue weighted by Crippen LogP contribution is -2.44. The number of sulfonamides is 1. The van der Waals surface area contributed by atoms with Crippen molar-refractivity contribution in [3.8, 4) is 0 Å². The van der Waals surface area contributed by atoms with Gasteiger partial charge in [0.25, 0.3) is 5.91 Å². The van der Waals surface area contributed by atoms with E-state index in [0.717, 1.165) is 19.3 Å². The molecule has 24 heavy (non-hydrogen) atoms. The van der Waals surface area contributed by atoms with Gasteiger partial charge in [0.2, 0.25) is 10.0 Å². The highest BCUT2D eigenvalue weighted by Gasteiger charge is 2.27. The topological polar surface area (TPSA) is 66.9 Å². The van der Waals surface area contributed by atoms with E-state index in [4.69, 9.17) is 4.74 Å². The largest absolute Gasteiger partial charge is 0.375 e. The molecule has 2 heterocycles. The Morgan fingerprint density at radius 3 is 2.38 bits per heavy atom. The smallest absolute Gasteiger partial charge is 0.254 e. The fourth-order valence-electron chi connectivity index (χ4n) is 3.21. The zero-order valence-electron chi connectivity index (χ0n) is 14.0. The summed E-state index contributed by atoms with van der Waals surface area (Å²) in [5, 5.41) is 0. The third kappa shape index (κ3) is 3.63. The Labute approximate surface area is 143 Å². The van der Waals surface area contributed by atoms with Crippen molar-refractivity contribution in [1.29, 1.82) is 0 Å². The highest BCUT2D eigenvalue weighted by molar-refractivity contribution is 7.89. The summed E-state index contributed by atoms with van der Waals surface area (Å²) in [6, 6.07) is 6.31. The van der Waals surface area contributed by atoms with Gasteiger partial charge in [-0.1, -0.05) is 6.42 Å². The molecule has 7 heteroatoms. The molecule has 2 aliphatic heterocycles. The van der Waals surface area contributed by atoms with Gasteiger partial charge < -0.3 is 9.64 Å². The fourth-order valence-corrected chi connectivity index (χ4v) is 4.73. The number of carbonyl (C=O) groups excluding carboxylic acids is 1. The molecule has 0 radical (unpaired) electrons. The molecule has 0 unspecified atom stereocenters. The molecular weight excluding hydrogens is 328 g/mol. The number of piperidine rings is 1. The molecule has 0 N–H and O–H groups in total. The molecular formula is C17H24N2O4S. The lowest BCUT2D eigenvalue weighted by molar-refractivity contribution is -0.0124. The van der Waals surface area contributed by atoms with Crippen molar-refractivity contribution in [1.82, 2.24) is 9.21 Å². The highest BCUT2D eigenvalue weighted by atomic mass is 32.2. The van der Waals surface area contributed by atoms with Crippen molar-refractivity contribution in [2.75, 3.05) is 32.8 Å². The van der Waals surface area contributed by atoms with Crippen LogP contribution in [0, 0.1) is 0 Å². The summed E-state index contributed by atoms with van der Waals surface area (Å²) >= 11 is 0. The quantitative estimate of drug-likeness (QED) is 0.831. The summed E-state index contributed by atoms with van der Waals surface area (Å²) in [5.74, 6) is -0.0768. The minimum absolute atomic E-state index is 0.0291. The Hall–Kier alpha value is -1.44. The van der Waals surface area contributed by atoms with Crippen LogP contribution in [0.15, 0.2) is 29.2 Å². The van der Waals surface area contributed by atoms with E-state index in [-0.39, 0.29) is 16.9 Å². The van der Waals surface area contributed by atoms with Crippen molar-refractivity contribution in [3.63, 3.8) is 0 Å². The number of benzene rings is 1. The average molecular weight is 352 g/mol. The van der Waals surface area contributed by atoms with Crippen LogP contribution in [-0.4, -0.2) is 62.4 Å². The average Bonchev–Trinajstić information content (AvgIpc) is 2.62. The van der Waals surface area contributed by atoms with Crippen molar-refractivity contribution >= 4 is 15.9 Å². The maximum absolute atomic E-state index is 12.6. The van der Waals surface area contributed by atoms with Gasteiger partial charge in [-0.05, 0) is 44.0 Å². The van der Waals surface area contributed by atoms with Gasteiger partial charge in [0.05, 0.1) is 17.6 Å². The van der Waals surface area contributed by atoms with Crippen LogP contribution in [0.2, 0.25) is 0 Å². The number of amides is 1. The van der Waals surface area contributed by atoms with Gasteiger partial charge in [-0.15, -0.1) is 0 Å². The molecule has 2 saturated heterocycles. The summed E-state index contributed by atoms with van der Waals surface area (Å²) in [6.45, 7) is 4.76. The van der Waals surface area contributed by atoms with E-state index < -0.39 is 10.0 Å². The van der Waals surface area contributed by atoms with Crippen LogP contribution in [0.3, 0.4) is 0 Å². The maximum Gasteiger partial charge on any atom is 0.254 e. The number of hydrogen-bond acceptors (Lipinski definition) is 4. The number of nitrogens with zero attached hydrogens (tertiary/aromatic N) is 2. The Bertz CT molecular complexity index is 681. The van der Waals surface area contributed by atoms with E-state index in [1.54, 1.807) is 29.2 Å². The Morgan fingerprint density at radius 2 is 1.75 bits per heavy atom. The minimum atomic E-state index is -3.45. The first kappa shape index (κ1) is 17.4. The first-order valence-corrected chi connectivity index (χ1v) is 9.93. The van der Waals surface area contributed by atoms with E-state index >= 15 is 0 Å². The monoisotopic (exact) mass is 352 g/mol. The van der Waals surface area contributed by atoms with Gasteiger partial charge in [-0.3, -0.25) is 4.79 Å². The Morgan fingerprint density at radius 1 is 1.08 bits per heavy atom. The second-order valence-electron chi connectivity index (χ2n) is 6.42. The van der Waals surface area contributed by atoms with E-state index in [2.05, 4.69) is 0 Å². The van der Waals surface area contributed by atoms with Crippen molar-refractivity contribution in [3.05, 3.63) is 29.8 Å². The molecule has 0 aromatic heterocycles. The van der Waals surface area contributed by atoms with Crippen LogP contribution in [0.1, 0.15) is 36.5 Å². The predicted octanol–water partition coefficient (Wildman–Crippen LogP) is 1.72. The second-order valence-corrected chi connectivity index (χ2v) is 8.36.